The highest BCUT2D eigenvalue weighted by Crippen LogP contribution is 2.44. The van der Waals surface area contributed by atoms with Gasteiger partial charge in [0.1, 0.15) is 0 Å². The minimum atomic E-state index is -0.256. The Balaban J connectivity index is 1.76. The number of likely N-dealkylation sites (tertiary alicyclic amines) is 1. The SMILES string of the molecule is CCOC(=O)c1ccc2c(c1)[C@](C)(CCN(C)C(=O)N1CCCCC1)[C@H](C)CC2. The molecule has 1 aliphatic carbocycles. The summed E-state index contributed by atoms with van der Waals surface area (Å²) in [5.41, 5.74) is 3.14. The number of rotatable bonds is 5. The number of esters is 1. The van der Waals surface area contributed by atoms with E-state index in [0.29, 0.717) is 18.1 Å². The molecule has 1 aliphatic heterocycles. The minimum Gasteiger partial charge on any atom is -0.462 e. The van der Waals surface area contributed by atoms with Gasteiger partial charge in [-0.2, -0.15) is 0 Å². The highest BCUT2D eigenvalue weighted by Gasteiger charge is 2.38. The first-order chi connectivity index (χ1) is 13.9. The maximum Gasteiger partial charge on any atom is 0.338 e. The van der Waals surface area contributed by atoms with Crippen molar-refractivity contribution in [2.45, 2.75) is 64.7 Å². The Bertz CT molecular complexity index is 742. The lowest BCUT2D eigenvalue weighted by molar-refractivity contribution is 0.0526. The minimum absolute atomic E-state index is 0.0630. The van der Waals surface area contributed by atoms with Crippen LogP contribution in [0.3, 0.4) is 0 Å². The molecule has 160 valence electrons. The third-order valence-corrected chi connectivity index (χ3v) is 7.09. The van der Waals surface area contributed by atoms with Crippen LogP contribution >= 0.6 is 0 Å². The largest absolute Gasteiger partial charge is 0.462 e. The van der Waals surface area contributed by atoms with Gasteiger partial charge >= 0.3 is 12.0 Å². The van der Waals surface area contributed by atoms with Crippen molar-refractivity contribution in [3.05, 3.63) is 34.9 Å². The van der Waals surface area contributed by atoms with Gasteiger partial charge < -0.3 is 14.5 Å². The molecule has 5 heteroatoms. The summed E-state index contributed by atoms with van der Waals surface area (Å²) in [6, 6.07) is 6.17. The van der Waals surface area contributed by atoms with Crippen LogP contribution in [0.15, 0.2) is 18.2 Å². The number of fused-ring (bicyclic) bond motifs is 1. The molecule has 3 rings (SSSR count). The molecule has 2 aliphatic rings. The number of aryl methyl sites for hydroxylation is 1. The van der Waals surface area contributed by atoms with Crippen LogP contribution in [0, 0.1) is 5.92 Å². The fourth-order valence-electron chi connectivity index (χ4n) is 4.83. The zero-order valence-electron chi connectivity index (χ0n) is 18.5. The van der Waals surface area contributed by atoms with Gasteiger partial charge in [-0.25, -0.2) is 9.59 Å². The van der Waals surface area contributed by atoms with Crippen molar-refractivity contribution < 1.29 is 14.3 Å². The number of amides is 2. The van der Waals surface area contributed by atoms with Crippen LogP contribution in [0.2, 0.25) is 0 Å². The van der Waals surface area contributed by atoms with Crippen LogP contribution < -0.4 is 0 Å². The number of carbonyl (C=O) groups excluding carboxylic acids is 2. The maximum absolute atomic E-state index is 12.8. The van der Waals surface area contributed by atoms with Gasteiger partial charge in [0, 0.05) is 26.7 Å². The Morgan fingerprint density at radius 2 is 1.97 bits per heavy atom. The number of hydrogen-bond acceptors (Lipinski definition) is 3. The molecule has 0 unspecified atom stereocenters. The first-order valence-electron chi connectivity index (χ1n) is 11.2. The summed E-state index contributed by atoms with van der Waals surface area (Å²) in [6.07, 6.45) is 6.51. The summed E-state index contributed by atoms with van der Waals surface area (Å²) in [6.45, 7) is 9.28. The lowest BCUT2D eigenvalue weighted by Gasteiger charge is -2.43. The number of piperidine rings is 1. The van der Waals surface area contributed by atoms with Crippen molar-refractivity contribution in [1.82, 2.24) is 9.80 Å². The third-order valence-electron chi connectivity index (χ3n) is 7.09. The monoisotopic (exact) mass is 400 g/mol. The molecule has 2 atom stereocenters. The number of nitrogens with zero attached hydrogens (tertiary/aromatic N) is 2. The van der Waals surface area contributed by atoms with Crippen LogP contribution in [0.5, 0.6) is 0 Å². The lowest BCUT2D eigenvalue weighted by atomic mass is 9.63. The average molecular weight is 401 g/mol. The van der Waals surface area contributed by atoms with Crippen molar-refractivity contribution >= 4 is 12.0 Å². The standard InChI is InChI=1S/C24H36N2O3/c1-5-29-22(27)20-12-11-19-10-9-18(2)24(3,21(19)17-20)13-16-25(4)23(28)26-14-7-6-8-15-26/h11-12,17-18H,5-10,13-16H2,1-4H3/t18-,24-/m1/s1. The van der Waals surface area contributed by atoms with Gasteiger partial charge in [0.2, 0.25) is 0 Å². The van der Waals surface area contributed by atoms with Gasteiger partial charge in [0.25, 0.3) is 0 Å². The molecule has 1 saturated heterocycles. The molecule has 0 saturated carbocycles. The van der Waals surface area contributed by atoms with Crippen molar-refractivity contribution in [3.63, 3.8) is 0 Å². The zero-order valence-corrected chi connectivity index (χ0v) is 18.5. The molecule has 29 heavy (non-hydrogen) atoms. The quantitative estimate of drug-likeness (QED) is 0.677. The number of benzene rings is 1. The first kappa shape index (κ1) is 21.7. The van der Waals surface area contributed by atoms with Crippen LogP contribution in [0.1, 0.15) is 74.4 Å². The van der Waals surface area contributed by atoms with Crippen molar-refractivity contribution in [2.24, 2.45) is 5.92 Å². The summed E-state index contributed by atoms with van der Waals surface area (Å²) >= 11 is 0. The predicted octanol–water partition coefficient (Wildman–Crippen LogP) is 4.63. The van der Waals surface area contributed by atoms with E-state index in [2.05, 4.69) is 19.9 Å². The molecule has 1 fully saturated rings. The van der Waals surface area contributed by atoms with E-state index in [1.54, 1.807) is 0 Å². The third kappa shape index (κ3) is 4.59. The Morgan fingerprint density at radius 3 is 2.66 bits per heavy atom. The molecular weight excluding hydrogens is 364 g/mol. The van der Waals surface area contributed by atoms with E-state index >= 15 is 0 Å². The van der Waals surface area contributed by atoms with E-state index in [0.717, 1.165) is 51.7 Å². The lowest BCUT2D eigenvalue weighted by Crippen LogP contribution is -2.46. The summed E-state index contributed by atoms with van der Waals surface area (Å²) < 4.78 is 5.21. The van der Waals surface area contributed by atoms with Gasteiger partial charge in [0.15, 0.2) is 0 Å². The van der Waals surface area contributed by atoms with Crippen LogP contribution in [-0.2, 0) is 16.6 Å². The van der Waals surface area contributed by atoms with E-state index in [-0.39, 0.29) is 17.4 Å². The average Bonchev–Trinajstić information content (AvgIpc) is 2.75. The highest BCUT2D eigenvalue weighted by atomic mass is 16.5. The van der Waals surface area contributed by atoms with E-state index < -0.39 is 0 Å². The van der Waals surface area contributed by atoms with Gasteiger partial charge in [-0.05, 0) is 80.0 Å². The van der Waals surface area contributed by atoms with E-state index in [9.17, 15) is 9.59 Å². The van der Waals surface area contributed by atoms with Crippen molar-refractivity contribution in [1.29, 1.82) is 0 Å². The van der Waals surface area contributed by atoms with Crippen LogP contribution in [0.25, 0.3) is 0 Å². The zero-order chi connectivity index (χ0) is 21.0. The summed E-state index contributed by atoms with van der Waals surface area (Å²) in [5.74, 6) is 0.235. The van der Waals surface area contributed by atoms with Gasteiger partial charge in [-0.15, -0.1) is 0 Å². The second-order valence-corrected chi connectivity index (χ2v) is 8.95. The number of carbonyl (C=O) groups is 2. The second kappa shape index (κ2) is 9.19. The number of urea groups is 1. The maximum atomic E-state index is 12.8. The summed E-state index contributed by atoms with van der Waals surface area (Å²) in [4.78, 5) is 29.0. The van der Waals surface area contributed by atoms with Gasteiger partial charge in [-0.1, -0.05) is 19.9 Å². The summed E-state index contributed by atoms with van der Waals surface area (Å²) in [5, 5.41) is 0. The smallest absolute Gasteiger partial charge is 0.338 e. The first-order valence-corrected chi connectivity index (χ1v) is 11.2. The molecular formula is C24H36N2O3. The molecule has 0 aromatic heterocycles. The molecule has 0 N–H and O–H groups in total. The number of hydrogen-bond donors (Lipinski definition) is 0. The molecule has 1 aromatic rings. The van der Waals surface area contributed by atoms with E-state index in [1.807, 2.05) is 35.9 Å². The summed E-state index contributed by atoms with van der Waals surface area (Å²) in [7, 11) is 1.92. The molecule has 5 nitrogen and oxygen atoms in total. The highest BCUT2D eigenvalue weighted by molar-refractivity contribution is 5.89. The fraction of sp³-hybridized carbons (Fsp3) is 0.667. The molecule has 0 bridgehead atoms. The molecule has 1 heterocycles. The number of ether oxygens (including phenoxy) is 1. The Hall–Kier alpha value is -2.04. The van der Waals surface area contributed by atoms with Crippen molar-refractivity contribution in [3.8, 4) is 0 Å². The Kier molecular flexibility index (Phi) is 6.86. The van der Waals surface area contributed by atoms with Crippen LogP contribution in [-0.4, -0.2) is 55.1 Å². The molecule has 0 spiro atoms. The molecule has 2 amide bonds. The normalized spacial score (nSPS) is 24.0. The van der Waals surface area contributed by atoms with Crippen LogP contribution in [0.4, 0.5) is 4.79 Å². The van der Waals surface area contributed by atoms with Gasteiger partial charge in [-0.3, -0.25) is 0 Å². The topological polar surface area (TPSA) is 49.9 Å². The second-order valence-electron chi connectivity index (χ2n) is 8.95. The predicted molar refractivity (Wildman–Crippen MR) is 115 cm³/mol. The molecule has 0 radical (unpaired) electrons. The van der Waals surface area contributed by atoms with Gasteiger partial charge in [0.05, 0.1) is 12.2 Å². The fourth-order valence-corrected chi connectivity index (χ4v) is 4.83. The Morgan fingerprint density at radius 1 is 1.24 bits per heavy atom. The van der Waals surface area contributed by atoms with E-state index in [4.69, 9.17) is 4.74 Å². The van der Waals surface area contributed by atoms with Crippen molar-refractivity contribution in [2.75, 3.05) is 33.3 Å². The molecule has 1 aromatic carbocycles. The van der Waals surface area contributed by atoms with E-state index in [1.165, 1.54) is 17.5 Å². The Labute approximate surface area is 175 Å².